The highest BCUT2D eigenvalue weighted by Crippen LogP contribution is 2.22. The Labute approximate surface area is 98.3 Å². The molecular weight excluding hydrogens is 287 g/mol. The smallest absolute Gasteiger partial charge is 0.0641 e. The molecule has 0 aromatic heterocycles. The Morgan fingerprint density at radius 1 is 1.43 bits per heavy atom. The van der Waals surface area contributed by atoms with Crippen molar-refractivity contribution in [3.63, 3.8) is 0 Å². The fourth-order valence-corrected chi connectivity index (χ4v) is 1.72. The maximum Gasteiger partial charge on any atom is 0.0641 e. The molecule has 0 fully saturated rings. The Morgan fingerprint density at radius 3 is 2.36 bits per heavy atom. The van der Waals surface area contributed by atoms with Crippen LogP contribution in [-0.2, 0) is 0 Å². The standard InChI is InChI=1S/C11H13IN2/c1-7-5-9(10(14)3-4-13)6-8(2)11(7)12/h5-6,10H,3,14H2,1-2H3/t10-/m0/s1. The van der Waals surface area contributed by atoms with Crippen LogP contribution in [0.4, 0.5) is 0 Å². The van der Waals surface area contributed by atoms with Crippen molar-refractivity contribution in [2.24, 2.45) is 5.73 Å². The van der Waals surface area contributed by atoms with Gasteiger partial charge in [-0.2, -0.15) is 5.26 Å². The van der Waals surface area contributed by atoms with Crippen molar-refractivity contribution in [3.05, 3.63) is 32.4 Å². The molecule has 1 aromatic rings. The number of benzene rings is 1. The van der Waals surface area contributed by atoms with E-state index >= 15 is 0 Å². The molecular formula is C11H13IN2. The fourth-order valence-electron chi connectivity index (χ4n) is 1.41. The van der Waals surface area contributed by atoms with Gasteiger partial charge in [0.2, 0.25) is 0 Å². The van der Waals surface area contributed by atoms with Crippen LogP contribution in [0.2, 0.25) is 0 Å². The largest absolute Gasteiger partial charge is 0.323 e. The summed E-state index contributed by atoms with van der Waals surface area (Å²) in [5.41, 5.74) is 9.39. The molecule has 0 radical (unpaired) electrons. The first-order chi connectivity index (χ1) is 6.56. The third kappa shape index (κ3) is 2.46. The van der Waals surface area contributed by atoms with Crippen molar-refractivity contribution >= 4 is 22.6 Å². The summed E-state index contributed by atoms with van der Waals surface area (Å²) in [6.45, 7) is 4.13. The van der Waals surface area contributed by atoms with Crippen LogP contribution in [0.15, 0.2) is 12.1 Å². The number of nitriles is 1. The second kappa shape index (κ2) is 4.76. The Morgan fingerprint density at radius 2 is 1.93 bits per heavy atom. The lowest BCUT2D eigenvalue weighted by Crippen LogP contribution is -2.10. The lowest BCUT2D eigenvalue weighted by Gasteiger charge is -2.12. The van der Waals surface area contributed by atoms with E-state index in [4.69, 9.17) is 11.0 Å². The van der Waals surface area contributed by atoms with E-state index in [1.807, 2.05) is 0 Å². The number of aryl methyl sites for hydroxylation is 2. The monoisotopic (exact) mass is 300 g/mol. The Bertz CT molecular complexity index is 356. The second-order valence-electron chi connectivity index (χ2n) is 3.44. The number of nitrogens with zero attached hydrogens (tertiary/aromatic N) is 1. The Balaban J connectivity index is 3.07. The third-order valence-corrected chi connectivity index (χ3v) is 3.90. The number of halogens is 1. The first kappa shape index (κ1) is 11.5. The molecule has 2 nitrogen and oxygen atoms in total. The summed E-state index contributed by atoms with van der Waals surface area (Å²) in [5.74, 6) is 0. The van der Waals surface area contributed by atoms with Crippen LogP contribution in [-0.4, -0.2) is 0 Å². The van der Waals surface area contributed by atoms with Crippen molar-refractivity contribution in [2.75, 3.05) is 0 Å². The normalized spacial score (nSPS) is 12.2. The van der Waals surface area contributed by atoms with Crippen LogP contribution in [0.1, 0.15) is 29.2 Å². The van der Waals surface area contributed by atoms with E-state index in [0.717, 1.165) is 5.56 Å². The molecule has 0 bridgehead atoms. The minimum atomic E-state index is -0.158. The number of hydrogen-bond acceptors (Lipinski definition) is 2. The second-order valence-corrected chi connectivity index (χ2v) is 4.52. The summed E-state index contributed by atoms with van der Waals surface area (Å²) in [4.78, 5) is 0. The summed E-state index contributed by atoms with van der Waals surface area (Å²) >= 11 is 2.32. The van der Waals surface area contributed by atoms with Gasteiger partial charge in [-0.3, -0.25) is 0 Å². The van der Waals surface area contributed by atoms with Gasteiger partial charge in [-0.25, -0.2) is 0 Å². The fraction of sp³-hybridized carbons (Fsp3) is 0.364. The lowest BCUT2D eigenvalue weighted by atomic mass is 10.0. The van der Waals surface area contributed by atoms with Gasteiger partial charge in [-0.05, 0) is 53.1 Å². The summed E-state index contributed by atoms with van der Waals surface area (Å²) in [6, 6.07) is 6.07. The summed E-state index contributed by atoms with van der Waals surface area (Å²) in [5, 5.41) is 8.56. The molecule has 1 atom stereocenters. The van der Waals surface area contributed by atoms with E-state index in [9.17, 15) is 0 Å². The van der Waals surface area contributed by atoms with Gasteiger partial charge in [-0.15, -0.1) is 0 Å². The minimum absolute atomic E-state index is 0.158. The molecule has 0 aliphatic carbocycles. The van der Waals surface area contributed by atoms with E-state index < -0.39 is 0 Å². The van der Waals surface area contributed by atoms with E-state index in [2.05, 4.69) is 54.6 Å². The van der Waals surface area contributed by atoms with Crippen molar-refractivity contribution in [3.8, 4) is 6.07 Å². The van der Waals surface area contributed by atoms with E-state index in [1.54, 1.807) is 0 Å². The molecule has 0 aliphatic rings. The van der Waals surface area contributed by atoms with Crippen LogP contribution in [0.5, 0.6) is 0 Å². The maximum atomic E-state index is 8.56. The Hall–Kier alpha value is -0.600. The van der Waals surface area contributed by atoms with Gasteiger partial charge < -0.3 is 5.73 Å². The van der Waals surface area contributed by atoms with Gasteiger partial charge in [0.15, 0.2) is 0 Å². The van der Waals surface area contributed by atoms with Gasteiger partial charge in [0, 0.05) is 9.61 Å². The maximum absolute atomic E-state index is 8.56. The highest BCUT2D eigenvalue weighted by molar-refractivity contribution is 14.1. The molecule has 0 aliphatic heterocycles. The van der Waals surface area contributed by atoms with E-state index in [1.165, 1.54) is 14.7 Å². The minimum Gasteiger partial charge on any atom is -0.323 e. The van der Waals surface area contributed by atoms with Gasteiger partial charge in [0.1, 0.15) is 0 Å². The van der Waals surface area contributed by atoms with E-state index in [0.29, 0.717) is 6.42 Å². The highest BCUT2D eigenvalue weighted by Gasteiger charge is 2.08. The number of hydrogen-bond donors (Lipinski definition) is 1. The molecule has 1 rings (SSSR count). The zero-order valence-corrected chi connectivity index (χ0v) is 10.5. The molecule has 74 valence electrons. The van der Waals surface area contributed by atoms with Crippen LogP contribution >= 0.6 is 22.6 Å². The van der Waals surface area contributed by atoms with Gasteiger partial charge in [0.25, 0.3) is 0 Å². The molecule has 14 heavy (non-hydrogen) atoms. The van der Waals surface area contributed by atoms with Crippen LogP contribution < -0.4 is 5.73 Å². The molecule has 0 heterocycles. The van der Waals surface area contributed by atoms with Crippen LogP contribution in [0.25, 0.3) is 0 Å². The first-order valence-electron chi connectivity index (χ1n) is 4.45. The van der Waals surface area contributed by atoms with Crippen LogP contribution in [0.3, 0.4) is 0 Å². The first-order valence-corrected chi connectivity index (χ1v) is 5.53. The predicted molar refractivity (Wildman–Crippen MR) is 65.8 cm³/mol. The van der Waals surface area contributed by atoms with Crippen molar-refractivity contribution in [2.45, 2.75) is 26.3 Å². The number of nitrogens with two attached hydrogens (primary N) is 1. The average molecular weight is 300 g/mol. The molecule has 0 saturated heterocycles. The quantitative estimate of drug-likeness (QED) is 0.854. The molecule has 3 heteroatoms. The highest BCUT2D eigenvalue weighted by atomic mass is 127. The molecule has 0 unspecified atom stereocenters. The Kier molecular flexibility index (Phi) is 3.90. The summed E-state index contributed by atoms with van der Waals surface area (Å²) < 4.78 is 1.27. The molecule has 0 spiro atoms. The summed E-state index contributed by atoms with van der Waals surface area (Å²) in [7, 11) is 0. The van der Waals surface area contributed by atoms with E-state index in [-0.39, 0.29) is 6.04 Å². The zero-order valence-electron chi connectivity index (χ0n) is 8.34. The predicted octanol–water partition coefficient (Wildman–Crippen LogP) is 2.82. The topological polar surface area (TPSA) is 49.8 Å². The molecule has 0 amide bonds. The SMILES string of the molecule is Cc1cc([C@@H](N)CC#N)cc(C)c1I. The number of rotatable bonds is 2. The molecule has 2 N–H and O–H groups in total. The van der Waals surface area contributed by atoms with Crippen molar-refractivity contribution < 1.29 is 0 Å². The summed E-state index contributed by atoms with van der Waals surface area (Å²) in [6.07, 6.45) is 0.374. The lowest BCUT2D eigenvalue weighted by molar-refractivity contribution is 0.746. The van der Waals surface area contributed by atoms with Crippen molar-refractivity contribution in [1.82, 2.24) is 0 Å². The van der Waals surface area contributed by atoms with Crippen LogP contribution in [0, 0.1) is 28.7 Å². The third-order valence-electron chi connectivity index (χ3n) is 2.20. The van der Waals surface area contributed by atoms with Gasteiger partial charge in [-0.1, -0.05) is 12.1 Å². The van der Waals surface area contributed by atoms with Gasteiger partial charge >= 0.3 is 0 Å². The van der Waals surface area contributed by atoms with Gasteiger partial charge in [0.05, 0.1) is 12.5 Å². The molecule has 0 saturated carbocycles. The average Bonchev–Trinajstić information content (AvgIpc) is 2.13. The molecule has 1 aromatic carbocycles. The van der Waals surface area contributed by atoms with Crippen molar-refractivity contribution in [1.29, 1.82) is 5.26 Å². The zero-order chi connectivity index (χ0) is 10.7.